The Morgan fingerprint density at radius 1 is 1.17 bits per heavy atom. The number of amides is 3. The second-order valence-electron chi connectivity index (χ2n) is 6.30. The standard InChI is InChI=1S/C15H26N4O5/c1-8(2)12(17-10(4)20)13(21)16-9(3)14(22)19-7-5-6-11(18-19)15(23)24/h8-9,11-12,18H,5-7H2,1-4H3,(H,16,21)(H,17,20)(H,23,24)/t9-,11-,12-/m0/s1. The van der Waals surface area contributed by atoms with Gasteiger partial charge in [0.15, 0.2) is 0 Å². The van der Waals surface area contributed by atoms with Crippen molar-refractivity contribution in [3.8, 4) is 0 Å². The SMILES string of the molecule is CC(=O)N[C@H](C(=O)N[C@@H](C)C(=O)N1CCC[C@@H](C(=O)O)N1)C(C)C. The van der Waals surface area contributed by atoms with Crippen LogP contribution in [0.2, 0.25) is 0 Å². The molecule has 0 aliphatic carbocycles. The fraction of sp³-hybridized carbons (Fsp3) is 0.733. The summed E-state index contributed by atoms with van der Waals surface area (Å²) in [7, 11) is 0. The van der Waals surface area contributed by atoms with Crippen LogP contribution in [0.1, 0.15) is 40.5 Å². The van der Waals surface area contributed by atoms with E-state index < -0.39 is 35.9 Å². The van der Waals surface area contributed by atoms with Crippen LogP contribution >= 0.6 is 0 Å². The Morgan fingerprint density at radius 2 is 1.79 bits per heavy atom. The molecule has 136 valence electrons. The molecule has 0 spiro atoms. The number of carboxylic acids is 1. The number of rotatable bonds is 6. The van der Waals surface area contributed by atoms with Gasteiger partial charge in [0.05, 0.1) is 0 Å². The van der Waals surface area contributed by atoms with Gasteiger partial charge in [0.25, 0.3) is 5.91 Å². The Bertz CT molecular complexity index is 508. The Kier molecular flexibility index (Phi) is 7.15. The number of nitrogens with one attached hydrogen (secondary N) is 3. The van der Waals surface area contributed by atoms with E-state index in [1.54, 1.807) is 13.8 Å². The minimum absolute atomic E-state index is 0.138. The molecule has 1 heterocycles. The van der Waals surface area contributed by atoms with E-state index in [2.05, 4.69) is 16.1 Å². The largest absolute Gasteiger partial charge is 0.480 e. The summed E-state index contributed by atoms with van der Waals surface area (Å²) in [5.41, 5.74) is 2.65. The van der Waals surface area contributed by atoms with Gasteiger partial charge in [-0.1, -0.05) is 13.8 Å². The molecule has 3 atom stereocenters. The number of carboxylic acid groups (broad SMARTS) is 1. The number of nitrogens with zero attached hydrogens (tertiary/aromatic N) is 1. The van der Waals surface area contributed by atoms with Crippen molar-refractivity contribution < 1.29 is 24.3 Å². The molecule has 1 saturated heterocycles. The van der Waals surface area contributed by atoms with Crippen LogP contribution in [0.5, 0.6) is 0 Å². The van der Waals surface area contributed by atoms with Gasteiger partial charge in [0.2, 0.25) is 11.8 Å². The zero-order valence-corrected chi connectivity index (χ0v) is 14.5. The summed E-state index contributed by atoms with van der Waals surface area (Å²) in [6.45, 7) is 6.80. The summed E-state index contributed by atoms with van der Waals surface area (Å²) in [6.07, 6.45) is 1.01. The van der Waals surface area contributed by atoms with E-state index in [1.807, 2.05) is 0 Å². The minimum atomic E-state index is -1.02. The molecule has 1 fully saturated rings. The molecule has 3 amide bonds. The molecule has 0 aromatic heterocycles. The maximum atomic E-state index is 12.4. The van der Waals surface area contributed by atoms with E-state index in [1.165, 1.54) is 18.9 Å². The second kappa shape index (κ2) is 8.62. The summed E-state index contributed by atoms with van der Waals surface area (Å²) < 4.78 is 0. The average molecular weight is 342 g/mol. The number of hydrogen-bond acceptors (Lipinski definition) is 5. The summed E-state index contributed by atoms with van der Waals surface area (Å²) in [5, 5.41) is 15.4. The summed E-state index contributed by atoms with van der Waals surface area (Å²) in [6, 6.07) is -2.39. The predicted molar refractivity (Wildman–Crippen MR) is 85.6 cm³/mol. The van der Waals surface area contributed by atoms with Crippen molar-refractivity contribution in [1.29, 1.82) is 0 Å². The average Bonchev–Trinajstić information content (AvgIpc) is 2.51. The van der Waals surface area contributed by atoms with Crippen LogP contribution in [-0.2, 0) is 19.2 Å². The number of carbonyl (C=O) groups excluding carboxylic acids is 3. The topological polar surface area (TPSA) is 128 Å². The van der Waals surface area contributed by atoms with Crippen LogP contribution in [0, 0.1) is 5.92 Å². The molecule has 0 radical (unpaired) electrons. The first kappa shape index (κ1) is 19.9. The molecule has 1 rings (SSSR count). The zero-order chi connectivity index (χ0) is 18.4. The number of carbonyl (C=O) groups is 4. The Labute approximate surface area is 141 Å². The quantitative estimate of drug-likeness (QED) is 0.502. The molecule has 24 heavy (non-hydrogen) atoms. The van der Waals surface area contributed by atoms with E-state index >= 15 is 0 Å². The molecule has 0 unspecified atom stereocenters. The molecular formula is C15H26N4O5. The summed E-state index contributed by atoms with van der Waals surface area (Å²) >= 11 is 0. The van der Waals surface area contributed by atoms with Gasteiger partial charge in [-0.25, -0.2) is 5.43 Å². The van der Waals surface area contributed by atoms with Crippen molar-refractivity contribution in [1.82, 2.24) is 21.1 Å². The van der Waals surface area contributed by atoms with E-state index in [0.29, 0.717) is 19.4 Å². The third-order valence-corrected chi connectivity index (χ3v) is 3.79. The van der Waals surface area contributed by atoms with Crippen molar-refractivity contribution in [2.45, 2.75) is 58.7 Å². The van der Waals surface area contributed by atoms with Crippen molar-refractivity contribution >= 4 is 23.7 Å². The molecule has 9 nitrogen and oxygen atoms in total. The first-order valence-electron chi connectivity index (χ1n) is 8.01. The van der Waals surface area contributed by atoms with Gasteiger partial charge in [-0.15, -0.1) is 0 Å². The molecule has 4 N–H and O–H groups in total. The second-order valence-corrected chi connectivity index (χ2v) is 6.30. The van der Waals surface area contributed by atoms with Crippen LogP contribution in [0.4, 0.5) is 0 Å². The fourth-order valence-corrected chi connectivity index (χ4v) is 2.48. The highest BCUT2D eigenvalue weighted by Gasteiger charge is 2.32. The zero-order valence-electron chi connectivity index (χ0n) is 14.5. The van der Waals surface area contributed by atoms with Crippen molar-refractivity contribution in [3.05, 3.63) is 0 Å². The third kappa shape index (κ3) is 5.48. The molecule has 1 aliphatic heterocycles. The van der Waals surface area contributed by atoms with Crippen LogP contribution in [0.25, 0.3) is 0 Å². The van der Waals surface area contributed by atoms with Crippen molar-refractivity contribution in [2.24, 2.45) is 5.92 Å². The van der Waals surface area contributed by atoms with Crippen LogP contribution in [-0.4, -0.2) is 58.5 Å². The van der Waals surface area contributed by atoms with Gasteiger partial charge < -0.3 is 15.7 Å². The number of aliphatic carboxylic acids is 1. The van der Waals surface area contributed by atoms with Gasteiger partial charge in [-0.2, -0.15) is 0 Å². The lowest BCUT2D eigenvalue weighted by Gasteiger charge is -2.34. The summed E-state index contributed by atoms with van der Waals surface area (Å²) in [5.74, 6) is -2.35. The maximum absolute atomic E-state index is 12.4. The van der Waals surface area contributed by atoms with Gasteiger partial charge >= 0.3 is 5.97 Å². The van der Waals surface area contributed by atoms with Gasteiger partial charge in [0, 0.05) is 13.5 Å². The van der Waals surface area contributed by atoms with Crippen LogP contribution in [0.3, 0.4) is 0 Å². The highest BCUT2D eigenvalue weighted by Crippen LogP contribution is 2.09. The molecule has 0 aromatic carbocycles. The van der Waals surface area contributed by atoms with Gasteiger partial charge in [-0.05, 0) is 25.7 Å². The monoisotopic (exact) mass is 342 g/mol. The lowest BCUT2D eigenvalue weighted by Crippen LogP contribution is -2.60. The first-order chi connectivity index (χ1) is 11.1. The van der Waals surface area contributed by atoms with E-state index in [-0.39, 0.29) is 11.8 Å². The smallest absolute Gasteiger partial charge is 0.322 e. The van der Waals surface area contributed by atoms with Crippen molar-refractivity contribution in [3.63, 3.8) is 0 Å². The lowest BCUT2D eigenvalue weighted by atomic mass is 10.0. The molecule has 1 aliphatic rings. The molecule has 0 aromatic rings. The fourth-order valence-electron chi connectivity index (χ4n) is 2.48. The van der Waals surface area contributed by atoms with E-state index in [4.69, 9.17) is 5.11 Å². The molecular weight excluding hydrogens is 316 g/mol. The normalized spacial score (nSPS) is 20.2. The van der Waals surface area contributed by atoms with Crippen molar-refractivity contribution in [2.75, 3.05) is 6.54 Å². The summed E-state index contributed by atoms with van der Waals surface area (Å²) in [4.78, 5) is 46.9. The van der Waals surface area contributed by atoms with E-state index in [0.717, 1.165) is 0 Å². The molecule has 0 bridgehead atoms. The highest BCUT2D eigenvalue weighted by molar-refractivity contribution is 5.91. The number of hydrogen-bond donors (Lipinski definition) is 4. The molecule has 0 saturated carbocycles. The molecule has 9 heteroatoms. The van der Waals surface area contributed by atoms with E-state index in [9.17, 15) is 19.2 Å². The lowest BCUT2D eigenvalue weighted by molar-refractivity contribution is -0.148. The third-order valence-electron chi connectivity index (χ3n) is 3.79. The minimum Gasteiger partial charge on any atom is -0.480 e. The Balaban J connectivity index is 2.66. The Hall–Kier alpha value is -2.16. The Morgan fingerprint density at radius 3 is 2.29 bits per heavy atom. The number of hydrazine groups is 1. The highest BCUT2D eigenvalue weighted by atomic mass is 16.4. The predicted octanol–water partition coefficient (Wildman–Crippen LogP) is -0.768. The van der Waals surface area contributed by atoms with Crippen LogP contribution < -0.4 is 16.1 Å². The van der Waals surface area contributed by atoms with Crippen LogP contribution in [0.15, 0.2) is 0 Å². The van der Waals surface area contributed by atoms with Gasteiger partial charge in [-0.3, -0.25) is 24.2 Å². The van der Waals surface area contributed by atoms with Gasteiger partial charge in [0.1, 0.15) is 18.1 Å². The first-order valence-corrected chi connectivity index (χ1v) is 8.01. The maximum Gasteiger partial charge on any atom is 0.322 e.